The van der Waals surface area contributed by atoms with Crippen LogP contribution in [0.1, 0.15) is 47.2 Å². The van der Waals surface area contributed by atoms with E-state index >= 15 is 0 Å². The van der Waals surface area contributed by atoms with Crippen molar-refractivity contribution in [1.82, 2.24) is 4.98 Å². The summed E-state index contributed by atoms with van der Waals surface area (Å²) in [4.78, 5) is 43.3. The molecule has 0 aliphatic rings. The number of carboxylic acid groups (broad SMARTS) is 1. The number of aliphatic carboxylic acids is 1. The van der Waals surface area contributed by atoms with E-state index in [4.69, 9.17) is 14.3 Å². The van der Waals surface area contributed by atoms with Crippen molar-refractivity contribution in [2.24, 2.45) is 5.16 Å². The molecule has 0 aliphatic heterocycles. The van der Waals surface area contributed by atoms with Crippen molar-refractivity contribution in [2.75, 3.05) is 11.9 Å². The van der Waals surface area contributed by atoms with Gasteiger partial charge in [-0.05, 0) is 41.5 Å². The van der Waals surface area contributed by atoms with Crippen LogP contribution in [0.5, 0.6) is 0 Å². The molecule has 0 atom stereocenters. The van der Waals surface area contributed by atoms with Gasteiger partial charge in [0.1, 0.15) is 16.9 Å². The Hall–Kier alpha value is -2.69. The van der Waals surface area contributed by atoms with Crippen LogP contribution >= 0.6 is 11.3 Å². The minimum Gasteiger partial charge on any atom is -0.476 e. The lowest BCUT2D eigenvalue weighted by Gasteiger charge is -2.18. The van der Waals surface area contributed by atoms with Gasteiger partial charge in [-0.1, -0.05) is 5.16 Å². The molecule has 0 fully saturated rings. The third kappa shape index (κ3) is 8.99. The number of ether oxygens (including phenoxy) is 2. The van der Waals surface area contributed by atoms with Crippen LogP contribution in [-0.4, -0.2) is 51.6 Å². The molecule has 0 spiro atoms. The minimum atomic E-state index is -1.41. The van der Waals surface area contributed by atoms with Crippen molar-refractivity contribution < 1.29 is 33.8 Å². The van der Waals surface area contributed by atoms with E-state index in [0.717, 1.165) is 11.3 Å². The summed E-state index contributed by atoms with van der Waals surface area (Å²) in [6.07, 6.45) is -0.724. The van der Waals surface area contributed by atoms with Crippen molar-refractivity contribution in [3.8, 4) is 0 Å². The molecule has 11 heteroatoms. The molecule has 0 radical (unpaired) electrons. The zero-order valence-corrected chi connectivity index (χ0v) is 16.8. The highest BCUT2D eigenvalue weighted by Crippen LogP contribution is 2.18. The largest absolute Gasteiger partial charge is 0.476 e. The number of nitrogens with one attached hydrogen (secondary N) is 1. The number of rotatable bonds is 6. The smallest absolute Gasteiger partial charge is 0.413 e. The number of carboxylic acids is 1. The lowest BCUT2D eigenvalue weighted by molar-refractivity contribution is -0.160. The van der Waals surface area contributed by atoms with Crippen LogP contribution in [0.2, 0.25) is 0 Å². The van der Waals surface area contributed by atoms with Gasteiger partial charge in [0.15, 0.2) is 5.13 Å². The van der Waals surface area contributed by atoms with Crippen LogP contribution in [0.3, 0.4) is 0 Å². The predicted octanol–water partition coefficient (Wildman–Crippen LogP) is 2.64. The number of hydrogen-bond acceptors (Lipinski definition) is 9. The molecule has 1 amide bonds. The first-order chi connectivity index (χ1) is 12.3. The fraction of sp³-hybridized carbons (Fsp3) is 0.562. The average Bonchev–Trinajstić information content (AvgIpc) is 2.86. The molecule has 0 saturated heterocycles. The van der Waals surface area contributed by atoms with Gasteiger partial charge in [-0.25, -0.2) is 19.4 Å². The fourth-order valence-electron chi connectivity index (χ4n) is 1.55. The van der Waals surface area contributed by atoms with E-state index < -0.39 is 41.6 Å². The van der Waals surface area contributed by atoms with Gasteiger partial charge >= 0.3 is 18.0 Å². The number of nitrogens with zero attached hydrogens (tertiary/aromatic N) is 2. The fourth-order valence-corrected chi connectivity index (χ4v) is 2.23. The number of amides is 1. The molecule has 10 nitrogen and oxygen atoms in total. The van der Waals surface area contributed by atoms with Gasteiger partial charge < -0.3 is 19.4 Å². The van der Waals surface area contributed by atoms with E-state index in [1.165, 1.54) is 5.38 Å². The summed E-state index contributed by atoms with van der Waals surface area (Å²) < 4.78 is 10.1. The van der Waals surface area contributed by atoms with E-state index in [1.54, 1.807) is 41.5 Å². The van der Waals surface area contributed by atoms with Crippen molar-refractivity contribution in [2.45, 2.75) is 52.7 Å². The number of hydrogen-bond donors (Lipinski definition) is 2. The van der Waals surface area contributed by atoms with Gasteiger partial charge in [0, 0.05) is 5.38 Å². The first-order valence-corrected chi connectivity index (χ1v) is 8.76. The predicted molar refractivity (Wildman–Crippen MR) is 97.9 cm³/mol. The molecule has 0 saturated carbocycles. The highest BCUT2D eigenvalue weighted by atomic mass is 32.1. The Bertz CT molecular complexity index is 729. The molecule has 1 heterocycles. The van der Waals surface area contributed by atoms with Crippen molar-refractivity contribution in [3.63, 3.8) is 0 Å². The van der Waals surface area contributed by atoms with E-state index in [-0.39, 0.29) is 10.8 Å². The lowest BCUT2D eigenvalue weighted by atomic mass is 10.2. The maximum Gasteiger partial charge on any atom is 0.413 e. The Kier molecular flexibility index (Phi) is 7.28. The summed E-state index contributed by atoms with van der Waals surface area (Å²) in [5.74, 6) is -2.10. The quantitative estimate of drug-likeness (QED) is 0.422. The zero-order chi connectivity index (χ0) is 20.8. The number of esters is 1. The average molecular weight is 401 g/mol. The van der Waals surface area contributed by atoms with Crippen LogP contribution in [0.4, 0.5) is 9.93 Å². The second-order valence-corrected chi connectivity index (χ2v) is 8.13. The van der Waals surface area contributed by atoms with E-state index in [1.807, 2.05) is 0 Å². The first kappa shape index (κ1) is 22.4. The highest BCUT2D eigenvalue weighted by molar-refractivity contribution is 7.14. The van der Waals surface area contributed by atoms with Gasteiger partial charge in [-0.2, -0.15) is 0 Å². The molecular weight excluding hydrogens is 378 g/mol. The number of aromatic nitrogens is 1. The second-order valence-electron chi connectivity index (χ2n) is 7.27. The Morgan fingerprint density at radius 1 is 1.15 bits per heavy atom. The van der Waals surface area contributed by atoms with Crippen LogP contribution in [0.15, 0.2) is 10.5 Å². The molecule has 27 heavy (non-hydrogen) atoms. The van der Waals surface area contributed by atoms with E-state index in [0.29, 0.717) is 0 Å². The Labute approximate surface area is 160 Å². The second kappa shape index (κ2) is 8.80. The highest BCUT2D eigenvalue weighted by Gasteiger charge is 2.21. The van der Waals surface area contributed by atoms with Gasteiger partial charge in [-0.15, -0.1) is 11.3 Å². The molecule has 1 aromatic heterocycles. The van der Waals surface area contributed by atoms with Crippen LogP contribution in [-0.2, 0) is 23.9 Å². The lowest BCUT2D eigenvalue weighted by Crippen LogP contribution is -2.27. The summed E-state index contributed by atoms with van der Waals surface area (Å²) in [5, 5.41) is 16.6. The monoisotopic (exact) mass is 401 g/mol. The third-order valence-corrected chi connectivity index (χ3v) is 3.07. The molecule has 150 valence electrons. The Morgan fingerprint density at radius 2 is 1.74 bits per heavy atom. The van der Waals surface area contributed by atoms with Crippen molar-refractivity contribution in [1.29, 1.82) is 0 Å². The summed E-state index contributed by atoms with van der Waals surface area (Å²) in [5.41, 5.74) is -1.95. The SMILES string of the molecule is CC(C)(C)OC(=O)CO/N=C(/C(=O)O)c1csc(NC(=O)OC(C)(C)C)n1. The van der Waals surface area contributed by atoms with Gasteiger partial charge in [-0.3, -0.25) is 5.32 Å². The molecular formula is C16H23N3O7S. The normalized spacial score (nSPS) is 12.3. The maximum absolute atomic E-state index is 11.7. The number of carbonyl (C=O) groups is 3. The molecule has 1 aromatic rings. The van der Waals surface area contributed by atoms with Gasteiger partial charge in [0.25, 0.3) is 0 Å². The zero-order valence-electron chi connectivity index (χ0n) is 16.0. The van der Waals surface area contributed by atoms with Crippen molar-refractivity contribution >= 4 is 40.2 Å². The Morgan fingerprint density at radius 3 is 2.26 bits per heavy atom. The molecule has 0 bridgehead atoms. The summed E-state index contributed by atoms with van der Waals surface area (Å²) in [6.45, 7) is 9.62. The maximum atomic E-state index is 11.7. The van der Waals surface area contributed by atoms with Crippen LogP contribution < -0.4 is 5.32 Å². The standard InChI is InChI=1S/C16H23N3O7S/c1-15(2,3)25-10(20)7-24-19-11(12(21)22)9-8-27-13(17-9)18-14(23)26-16(4,5)6/h8H,7H2,1-6H3,(H,21,22)(H,17,18,23)/b19-11+. The number of oxime groups is 1. The third-order valence-electron chi connectivity index (χ3n) is 2.32. The van der Waals surface area contributed by atoms with Crippen LogP contribution in [0, 0.1) is 0 Å². The summed E-state index contributed by atoms with van der Waals surface area (Å²) >= 11 is 0.983. The number of anilines is 1. The molecule has 0 aromatic carbocycles. The van der Waals surface area contributed by atoms with Gasteiger partial charge in [0.05, 0.1) is 0 Å². The van der Waals surface area contributed by atoms with Crippen LogP contribution in [0.25, 0.3) is 0 Å². The number of carbonyl (C=O) groups excluding carboxylic acids is 2. The minimum absolute atomic E-state index is 0.0391. The molecule has 1 rings (SSSR count). The van der Waals surface area contributed by atoms with E-state index in [2.05, 4.69) is 15.5 Å². The number of thiazole rings is 1. The Balaban J connectivity index is 2.76. The first-order valence-electron chi connectivity index (χ1n) is 7.88. The van der Waals surface area contributed by atoms with Gasteiger partial charge in [0.2, 0.25) is 12.3 Å². The van der Waals surface area contributed by atoms with E-state index in [9.17, 15) is 19.5 Å². The molecule has 0 unspecified atom stereocenters. The molecule has 0 aliphatic carbocycles. The van der Waals surface area contributed by atoms with Crippen molar-refractivity contribution in [3.05, 3.63) is 11.1 Å². The topological polar surface area (TPSA) is 136 Å². The summed E-state index contributed by atoms with van der Waals surface area (Å²) in [7, 11) is 0. The molecule has 2 N–H and O–H groups in total. The summed E-state index contributed by atoms with van der Waals surface area (Å²) in [6, 6.07) is 0.